The normalized spacial score (nSPS) is 19.9. The molecular formula is C23H38ClN3O2. The molecule has 0 spiro atoms. The van der Waals surface area contributed by atoms with Gasteiger partial charge in [0.2, 0.25) is 0 Å². The van der Waals surface area contributed by atoms with Crippen molar-refractivity contribution in [1.82, 2.24) is 15.1 Å². The minimum atomic E-state index is 0. The van der Waals surface area contributed by atoms with Gasteiger partial charge in [-0.05, 0) is 50.6 Å². The Morgan fingerprint density at radius 2 is 1.72 bits per heavy atom. The Kier molecular flexibility index (Phi) is 9.73. The monoisotopic (exact) mass is 423 g/mol. The minimum absolute atomic E-state index is 0. The zero-order valence-corrected chi connectivity index (χ0v) is 18.9. The number of hydrogen-bond acceptors (Lipinski definition) is 4. The van der Waals surface area contributed by atoms with Crippen molar-refractivity contribution in [3.05, 3.63) is 29.8 Å². The Morgan fingerprint density at radius 1 is 1.07 bits per heavy atom. The Hall–Kier alpha value is -1.30. The number of rotatable bonds is 8. The van der Waals surface area contributed by atoms with Gasteiger partial charge >= 0.3 is 0 Å². The Balaban J connectivity index is 0.00000300. The van der Waals surface area contributed by atoms with Gasteiger partial charge in [0.05, 0.1) is 6.61 Å². The first kappa shape index (κ1) is 24.0. The standard InChI is InChI=1S/C23H37N3O2.ClH/c1-3-4-18-28-21-10-8-20(9-11-21)22(27)24-19-23(12-6-5-7-13-23)26-16-14-25(2)15-17-26;/h8-11H,3-7,12-19H2,1-2H3,(H,24,27);1H. The largest absolute Gasteiger partial charge is 0.494 e. The zero-order chi connectivity index (χ0) is 19.8. The highest BCUT2D eigenvalue weighted by atomic mass is 35.5. The molecule has 0 unspecified atom stereocenters. The second kappa shape index (κ2) is 11.8. The summed E-state index contributed by atoms with van der Waals surface area (Å²) in [5.41, 5.74) is 0.852. The molecule has 1 aliphatic heterocycles. The highest BCUT2D eigenvalue weighted by Gasteiger charge is 2.39. The van der Waals surface area contributed by atoms with Crippen LogP contribution >= 0.6 is 12.4 Å². The van der Waals surface area contributed by atoms with Crippen LogP contribution < -0.4 is 10.1 Å². The van der Waals surface area contributed by atoms with Crippen LogP contribution in [0.2, 0.25) is 0 Å². The fourth-order valence-electron chi connectivity index (χ4n) is 4.48. The molecule has 0 bridgehead atoms. The molecule has 1 heterocycles. The average molecular weight is 424 g/mol. The average Bonchev–Trinajstić information content (AvgIpc) is 2.74. The number of amides is 1. The summed E-state index contributed by atoms with van der Waals surface area (Å²) in [6.45, 7) is 8.09. The van der Waals surface area contributed by atoms with Crippen molar-refractivity contribution in [3.63, 3.8) is 0 Å². The third kappa shape index (κ3) is 6.59. The molecule has 0 radical (unpaired) electrons. The number of halogens is 1. The summed E-state index contributed by atoms with van der Waals surface area (Å²) < 4.78 is 5.70. The van der Waals surface area contributed by atoms with Crippen LogP contribution in [-0.2, 0) is 0 Å². The zero-order valence-electron chi connectivity index (χ0n) is 18.1. The van der Waals surface area contributed by atoms with Gasteiger partial charge in [-0.15, -0.1) is 12.4 Å². The molecule has 0 atom stereocenters. The summed E-state index contributed by atoms with van der Waals surface area (Å²) in [4.78, 5) is 17.8. The fraction of sp³-hybridized carbons (Fsp3) is 0.696. The number of benzene rings is 1. The molecule has 5 nitrogen and oxygen atoms in total. The fourth-order valence-corrected chi connectivity index (χ4v) is 4.48. The van der Waals surface area contributed by atoms with E-state index >= 15 is 0 Å². The van der Waals surface area contributed by atoms with E-state index in [1.165, 1.54) is 32.1 Å². The minimum Gasteiger partial charge on any atom is -0.494 e. The number of ether oxygens (including phenoxy) is 1. The molecule has 1 N–H and O–H groups in total. The van der Waals surface area contributed by atoms with Crippen LogP contribution in [0, 0.1) is 0 Å². The highest BCUT2D eigenvalue weighted by molar-refractivity contribution is 5.94. The van der Waals surface area contributed by atoms with Crippen LogP contribution in [0.3, 0.4) is 0 Å². The lowest BCUT2D eigenvalue weighted by atomic mass is 9.79. The molecule has 1 aliphatic carbocycles. The molecule has 0 aromatic heterocycles. The molecule has 1 aromatic rings. The molecule has 1 saturated heterocycles. The molecule has 6 heteroatoms. The van der Waals surface area contributed by atoms with Crippen molar-refractivity contribution in [2.24, 2.45) is 0 Å². The van der Waals surface area contributed by atoms with Gasteiger partial charge in [-0.3, -0.25) is 9.69 Å². The van der Waals surface area contributed by atoms with E-state index < -0.39 is 0 Å². The first-order valence-electron chi connectivity index (χ1n) is 11.1. The van der Waals surface area contributed by atoms with E-state index in [-0.39, 0.29) is 23.9 Å². The Morgan fingerprint density at radius 3 is 2.34 bits per heavy atom. The Labute approximate surface area is 182 Å². The van der Waals surface area contributed by atoms with Crippen LogP contribution in [0.5, 0.6) is 5.75 Å². The van der Waals surface area contributed by atoms with Gasteiger partial charge < -0.3 is 15.0 Å². The number of hydrogen-bond donors (Lipinski definition) is 1. The summed E-state index contributed by atoms with van der Waals surface area (Å²) in [5, 5.41) is 3.25. The molecule has 3 rings (SSSR count). The lowest BCUT2D eigenvalue weighted by Crippen LogP contribution is -2.61. The molecule has 1 amide bonds. The maximum absolute atomic E-state index is 12.8. The van der Waals surface area contributed by atoms with Crippen LogP contribution in [0.15, 0.2) is 24.3 Å². The number of carbonyl (C=O) groups is 1. The third-order valence-electron chi connectivity index (χ3n) is 6.42. The van der Waals surface area contributed by atoms with Crippen LogP contribution in [0.1, 0.15) is 62.2 Å². The number of unbranched alkanes of at least 4 members (excludes halogenated alkanes) is 1. The van der Waals surface area contributed by atoms with Gasteiger partial charge in [0.25, 0.3) is 5.91 Å². The second-order valence-corrected chi connectivity index (χ2v) is 8.48. The molecule has 1 aromatic carbocycles. The predicted octanol–water partition coefficient (Wildman–Crippen LogP) is 3.97. The van der Waals surface area contributed by atoms with Gasteiger partial charge in [0.1, 0.15) is 5.75 Å². The van der Waals surface area contributed by atoms with E-state index in [9.17, 15) is 4.79 Å². The lowest BCUT2D eigenvalue weighted by Gasteiger charge is -2.49. The summed E-state index contributed by atoms with van der Waals surface area (Å²) in [7, 11) is 2.20. The number of nitrogens with one attached hydrogen (secondary N) is 1. The maximum Gasteiger partial charge on any atom is 0.251 e. The van der Waals surface area contributed by atoms with Crippen LogP contribution in [0.25, 0.3) is 0 Å². The highest BCUT2D eigenvalue weighted by Crippen LogP contribution is 2.34. The SMILES string of the molecule is CCCCOc1ccc(C(=O)NCC2(N3CCN(C)CC3)CCCCC2)cc1.Cl. The Bertz CT molecular complexity index is 609. The maximum atomic E-state index is 12.8. The van der Waals surface area contributed by atoms with Crippen molar-refractivity contribution in [3.8, 4) is 5.75 Å². The quantitative estimate of drug-likeness (QED) is 0.642. The number of nitrogens with zero attached hydrogens (tertiary/aromatic N) is 2. The molecule has 1 saturated carbocycles. The van der Waals surface area contributed by atoms with Gasteiger partial charge in [0.15, 0.2) is 0 Å². The van der Waals surface area contributed by atoms with E-state index in [0.717, 1.165) is 57.9 Å². The number of likely N-dealkylation sites (N-methyl/N-ethyl adjacent to an activating group) is 1. The number of carbonyl (C=O) groups excluding carboxylic acids is 1. The van der Waals surface area contributed by atoms with Gasteiger partial charge in [-0.2, -0.15) is 0 Å². The molecule has 2 aliphatic rings. The summed E-state index contributed by atoms with van der Waals surface area (Å²) in [6.07, 6.45) is 8.43. The third-order valence-corrected chi connectivity index (χ3v) is 6.42. The lowest BCUT2D eigenvalue weighted by molar-refractivity contribution is 0.0138. The first-order chi connectivity index (χ1) is 13.6. The molecular weight excluding hydrogens is 386 g/mol. The van der Waals surface area contributed by atoms with Crippen molar-refractivity contribution in [2.75, 3.05) is 46.4 Å². The second-order valence-electron chi connectivity index (χ2n) is 8.48. The van der Waals surface area contributed by atoms with E-state index in [2.05, 4.69) is 29.1 Å². The molecule has 29 heavy (non-hydrogen) atoms. The molecule has 2 fully saturated rings. The number of piperazine rings is 1. The van der Waals surface area contributed by atoms with Crippen LogP contribution in [-0.4, -0.2) is 67.6 Å². The summed E-state index contributed by atoms with van der Waals surface area (Å²) in [5.74, 6) is 0.866. The van der Waals surface area contributed by atoms with Gasteiger partial charge in [0, 0.05) is 43.8 Å². The summed E-state index contributed by atoms with van der Waals surface area (Å²) in [6, 6.07) is 7.56. The van der Waals surface area contributed by atoms with Crippen LogP contribution in [0.4, 0.5) is 0 Å². The molecule has 164 valence electrons. The van der Waals surface area contributed by atoms with Gasteiger partial charge in [-0.1, -0.05) is 32.6 Å². The summed E-state index contributed by atoms with van der Waals surface area (Å²) >= 11 is 0. The van der Waals surface area contributed by atoms with E-state index in [1.807, 2.05) is 24.3 Å². The van der Waals surface area contributed by atoms with Crippen molar-refractivity contribution in [1.29, 1.82) is 0 Å². The van der Waals surface area contributed by atoms with Gasteiger partial charge in [-0.25, -0.2) is 0 Å². The van der Waals surface area contributed by atoms with Crippen molar-refractivity contribution in [2.45, 2.75) is 57.4 Å². The van der Waals surface area contributed by atoms with E-state index in [4.69, 9.17) is 4.74 Å². The first-order valence-corrected chi connectivity index (χ1v) is 11.1. The van der Waals surface area contributed by atoms with Crippen molar-refractivity contribution < 1.29 is 9.53 Å². The smallest absolute Gasteiger partial charge is 0.251 e. The predicted molar refractivity (Wildman–Crippen MR) is 121 cm³/mol. The topological polar surface area (TPSA) is 44.8 Å². The van der Waals surface area contributed by atoms with E-state index in [1.54, 1.807) is 0 Å². The van der Waals surface area contributed by atoms with Crippen molar-refractivity contribution >= 4 is 18.3 Å². The van der Waals surface area contributed by atoms with E-state index in [0.29, 0.717) is 5.56 Å².